The van der Waals surface area contributed by atoms with Crippen molar-refractivity contribution in [1.29, 1.82) is 0 Å². The van der Waals surface area contributed by atoms with E-state index in [0.717, 1.165) is 22.2 Å². The molecule has 1 N–H and O–H groups in total. The Labute approximate surface area is 91.0 Å². The Morgan fingerprint density at radius 1 is 1.19 bits per heavy atom. The monoisotopic (exact) mass is 213 g/mol. The second kappa shape index (κ2) is 3.41. The number of benzene rings is 1. The van der Waals surface area contributed by atoms with Crippen molar-refractivity contribution in [2.24, 2.45) is 0 Å². The highest BCUT2D eigenvalue weighted by atomic mass is 19.1. The quantitative estimate of drug-likeness (QED) is 0.675. The number of rotatable bonds is 1. The van der Waals surface area contributed by atoms with Crippen LogP contribution in [0.2, 0.25) is 0 Å². The van der Waals surface area contributed by atoms with Gasteiger partial charge in [-0.25, -0.2) is 9.37 Å². The van der Waals surface area contributed by atoms with Gasteiger partial charge in [0.2, 0.25) is 0 Å². The number of H-pyrrole nitrogens is 1. The smallest absolute Gasteiger partial charge is 0.142 e. The van der Waals surface area contributed by atoms with E-state index in [1.165, 1.54) is 12.3 Å². The molecule has 0 aliphatic heterocycles. The lowest BCUT2D eigenvalue weighted by atomic mass is 10.1. The van der Waals surface area contributed by atoms with Crippen LogP contribution in [0.1, 0.15) is 0 Å². The van der Waals surface area contributed by atoms with Crippen molar-refractivity contribution in [3.8, 4) is 11.1 Å². The lowest BCUT2D eigenvalue weighted by Crippen LogP contribution is -1.84. The number of aromatic nitrogens is 3. The van der Waals surface area contributed by atoms with Gasteiger partial charge in [-0.3, -0.25) is 4.98 Å². The zero-order chi connectivity index (χ0) is 11.0. The molecule has 78 valence electrons. The maximum Gasteiger partial charge on any atom is 0.142 e. The van der Waals surface area contributed by atoms with Gasteiger partial charge in [0.25, 0.3) is 0 Å². The van der Waals surface area contributed by atoms with E-state index in [2.05, 4.69) is 15.0 Å². The van der Waals surface area contributed by atoms with Crippen LogP contribution in [-0.4, -0.2) is 15.0 Å². The minimum absolute atomic E-state index is 0.343. The summed E-state index contributed by atoms with van der Waals surface area (Å²) in [6.45, 7) is 0. The van der Waals surface area contributed by atoms with Crippen LogP contribution in [0, 0.1) is 5.82 Å². The molecule has 0 aliphatic carbocycles. The normalized spacial score (nSPS) is 10.8. The number of aromatic amines is 1. The van der Waals surface area contributed by atoms with E-state index in [0.29, 0.717) is 0 Å². The molecule has 0 fully saturated rings. The molecule has 2 aromatic heterocycles. The first-order valence-electron chi connectivity index (χ1n) is 4.87. The highest BCUT2D eigenvalue weighted by Crippen LogP contribution is 2.25. The first kappa shape index (κ1) is 9.03. The molecular weight excluding hydrogens is 205 g/mol. The van der Waals surface area contributed by atoms with Gasteiger partial charge >= 0.3 is 0 Å². The maximum atomic E-state index is 13.1. The van der Waals surface area contributed by atoms with Gasteiger partial charge in [0.05, 0.1) is 23.6 Å². The van der Waals surface area contributed by atoms with Gasteiger partial charge in [-0.15, -0.1) is 0 Å². The molecule has 0 saturated heterocycles. The van der Waals surface area contributed by atoms with Crippen LogP contribution >= 0.6 is 0 Å². The molecule has 0 amide bonds. The molecule has 3 rings (SSSR count). The third kappa shape index (κ3) is 1.35. The van der Waals surface area contributed by atoms with E-state index in [1.54, 1.807) is 12.5 Å². The molecule has 0 atom stereocenters. The Kier molecular flexibility index (Phi) is 1.93. The van der Waals surface area contributed by atoms with E-state index in [1.807, 2.05) is 18.2 Å². The van der Waals surface area contributed by atoms with Crippen LogP contribution in [0.15, 0.2) is 43.0 Å². The van der Waals surface area contributed by atoms with Crippen molar-refractivity contribution in [2.75, 3.05) is 0 Å². The molecular formula is C12H8FN3. The van der Waals surface area contributed by atoms with Crippen LogP contribution in [-0.2, 0) is 0 Å². The molecule has 0 radical (unpaired) electrons. The Balaban J connectivity index is 2.29. The van der Waals surface area contributed by atoms with Gasteiger partial charge in [0.1, 0.15) is 5.82 Å². The Bertz CT molecular complexity index is 645. The van der Waals surface area contributed by atoms with Crippen LogP contribution in [0.3, 0.4) is 0 Å². The second-order valence-electron chi connectivity index (χ2n) is 3.50. The lowest BCUT2D eigenvalue weighted by molar-refractivity contribution is 0.622. The fraction of sp³-hybridized carbons (Fsp3) is 0. The topological polar surface area (TPSA) is 41.6 Å². The lowest BCUT2D eigenvalue weighted by Gasteiger charge is -2.01. The number of hydrogen-bond donors (Lipinski definition) is 1. The highest BCUT2D eigenvalue weighted by Gasteiger charge is 2.06. The van der Waals surface area contributed by atoms with Crippen molar-refractivity contribution < 1.29 is 4.39 Å². The number of hydrogen-bond acceptors (Lipinski definition) is 2. The summed E-state index contributed by atoms with van der Waals surface area (Å²) < 4.78 is 13.1. The molecule has 0 spiro atoms. The Morgan fingerprint density at radius 3 is 3.00 bits per heavy atom. The van der Waals surface area contributed by atoms with E-state index in [9.17, 15) is 4.39 Å². The van der Waals surface area contributed by atoms with Gasteiger partial charge in [-0.05, 0) is 12.1 Å². The average molecular weight is 213 g/mol. The van der Waals surface area contributed by atoms with Gasteiger partial charge in [0, 0.05) is 17.3 Å². The van der Waals surface area contributed by atoms with Crippen LogP contribution in [0.25, 0.3) is 22.2 Å². The van der Waals surface area contributed by atoms with Crippen LogP contribution in [0.5, 0.6) is 0 Å². The number of para-hydroxylation sites is 1. The maximum absolute atomic E-state index is 13.1. The van der Waals surface area contributed by atoms with Crippen molar-refractivity contribution >= 4 is 11.0 Å². The summed E-state index contributed by atoms with van der Waals surface area (Å²) in [6, 6.07) is 7.19. The third-order valence-electron chi connectivity index (χ3n) is 2.47. The summed E-state index contributed by atoms with van der Waals surface area (Å²) in [5, 5.41) is 0. The van der Waals surface area contributed by atoms with Crippen molar-refractivity contribution in [3.63, 3.8) is 0 Å². The fourth-order valence-corrected chi connectivity index (χ4v) is 1.76. The molecule has 0 saturated carbocycles. The number of nitrogens with one attached hydrogen (secondary N) is 1. The molecule has 0 bridgehead atoms. The predicted molar refractivity (Wildman–Crippen MR) is 59.3 cm³/mol. The number of halogens is 1. The summed E-state index contributed by atoms with van der Waals surface area (Å²) in [6.07, 6.45) is 4.45. The number of fused-ring (bicyclic) bond motifs is 1. The van der Waals surface area contributed by atoms with Crippen LogP contribution < -0.4 is 0 Å². The second-order valence-corrected chi connectivity index (χ2v) is 3.50. The summed E-state index contributed by atoms with van der Waals surface area (Å²) in [5.41, 5.74) is 3.38. The predicted octanol–water partition coefficient (Wildman–Crippen LogP) is 2.76. The number of nitrogens with zero attached hydrogens (tertiary/aromatic N) is 2. The van der Waals surface area contributed by atoms with Gasteiger partial charge in [-0.1, -0.05) is 12.1 Å². The first-order chi connectivity index (χ1) is 7.84. The Hall–Kier alpha value is -2.23. The average Bonchev–Trinajstić information content (AvgIpc) is 2.76. The van der Waals surface area contributed by atoms with E-state index in [4.69, 9.17) is 0 Å². The van der Waals surface area contributed by atoms with Crippen molar-refractivity contribution in [1.82, 2.24) is 15.0 Å². The van der Waals surface area contributed by atoms with Gasteiger partial charge in [-0.2, -0.15) is 0 Å². The number of imidazole rings is 1. The van der Waals surface area contributed by atoms with E-state index in [-0.39, 0.29) is 5.82 Å². The largest absolute Gasteiger partial charge is 0.345 e. The van der Waals surface area contributed by atoms with Crippen molar-refractivity contribution in [2.45, 2.75) is 0 Å². The van der Waals surface area contributed by atoms with Crippen molar-refractivity contribution in [3.05, 3.63) is 48.8 Å². The SMILES string of the molecule is Fc1cncc(-c2cccc3[nH]cnc23)c1. The fourth-order valence-electron chi connectivity index (χ4n) is 1.76. The molecule has 0 aliphatic rings. The summed E-state index contributed by atoms with van der Waals surface area (Å²) in [5.74, 6) is -0.343. The third-order valence-corrected chi connectivity index (χ3v) is 2.47. The minimum atomic E-state index is -0.343. The molecule has 0 unspecified atom stereocenters. The van der Waals surface area contributed by atoms with E-state index < -0.39 is 0 Å². The van der Waals surface area contributed by atoms with E-state index >= 15 is 0 Å². The van der Waals surface area contributed by atoms with Gasteiger partial charge < -0.3 is 4.98 Å². The highest BCUT2D eigenvalue weighted by molar-refractivity contribution is 5.91. The van der Waals surface area contributed by atoms with Crippen LogP contribution in [0.4, 0.5) is 4.39 Å². The molecule has 1 aromatic carbocycles. The summed E-state index contributed by atoms with van der Waals surface area (Å²) in [4.78, 5) is 11.1. The first-order valence-corrected chi connectivity index (χ1v) is 4.87. The molecule has 3 aromatic rings. The molecule has 2 heterocycles. The zero-order valence-electron chi connectivity index (χ0n) is 8.31. The number of pyridine rings is 1. The molecule has 3 nitrogen and oxygen atoms in total. The molecule has 4 heteroatoms. The Morgan fingerprint density at radius 2 is 2.12 bits per heavy atom. The molecule has 16 heavy (non-hydrogen) atoms. The zero-order valence-corrected chi connectivity index (χ0v) is 8.31. The standard InChI is InChI=1S/C12H8FN3/c13-9-4-8(5-14-6-9)10-2-1-3-11-12(10)16-7-15-11/h1-7H,(H,15,16). The summed E-state index contributed by atoms with van der Waals surface area (Å²) in [7, 11) is 0. The van der Waals surface area contributed by atoms with Gasteiger partial charge in [0.15, 0.2) is 0 Å². The summed E-state index contributed by atoms with van der Waals surface area (Å²) >= 11 is 0. The minimum Gasteiger partial charge on any atom is -0.345 e.